The molecule has 0 aliphatic carbocycles. The number of halogens is 1. The van der Waals surface area contributed by atoms with Crippen molar-refractivity contribution in [2.75, 3.05) is 11.8 Å². The van der Waals surface area contributed by atoms with Gasteiger partial charge in [0, 0.05) is 22.6 Å². The van der Waals surface area contributed by atoms with Crippen LogP contribution in [0.1, 0.15) is 5.56 Å². The van der Waals surface area contributed by atoms with Crippen molar-refractivity contribution >= 4 is 31.6 Å². The number of hydrogen-bond donors (Lipinski definition) is 3. The van der Waals surface area contributed by atoms with E-state index in [1.54, 1.807) is 18.2 Å². The third kappa shape index (κ3) is 2.94. The van der Waals surface area contributed by atoms with Crippen LogP contribution < -0.4 is 15.2 Å². The van der Waals surface area contributed by atoms with Crippen LogP contribution in [0.3, 0.4) is 0 Å². The maximum absolute atomic E-state index is 12.3. The molecule has 7 nitrogen and oxygen atoms in total. The molecule has 1 aromatic carbocycles. The molecule has 0 radical (unpaired) electrons. The number of methoxy groups -OCH3 is 1. The zero-order chi connectivity index (χ0) is 14.8. The van der Waals surface area contributed by atoms with Crippen molar-refractivity contribution in [3.8, 4) is 5.75 Å². The van der Waals surface area contributed by atoms with Crippen LogP contribution >= 0.6 is 15.9 Å². The van der Waals surface area contributed by atoms with Crippen LogP contribution in [0.25, 0.3) is 0 Å². The van der Waals surface area contributed by atoms with Gasteiger partial charge in [0.2, 0.25) is 0 Å². The Kier molecular flexibility index (Phi) is 4.31. The van der Waals surface area contributed by atoms with Crippen molar-refractivity contribution in [2.45, 2.75) is 11.6 Å². The van der Waals surface area contributed by atoms with Gasteiger partial charge in [-0.3, -0.25) is 9.82 Å². The van der Waals surface area contributed by atoms with Crippen LogP contribution in [0.2, 0.25) is 0 Å². The Balaban J connectivity index is 2.38. The number of H-pyrrole nitrogens is 1. The van der Waals surface area contributed by atoms with E-state index >= 15 is 0 Å². The summed E-state index contributed by atoms with van der Waals surface area (Å²) in [6, 6.07) is 4.97. The van der Waals surface area contributed by atoms with E-state index in [0.717, 1.165) is 0 Å². The van der Waals surface area contributed by atoms with Gasteiger partial charge in [0.15, 0.2) is 5.03 Å². The molecule has 2 aromatic rings. The summed E-state index contributed by atoms with van der Waals surface area (Å²) < 4.78 is 32.7. The number of nitrogens with one attached hydrogen (secondary N) is 2. The molecule has 1 heterocycles. The first-order valence-electron chi connectivity index (χ1n) is 5.56. The second-order valence-corrected chi connectivity index (χ2v) is 6.35. The molecule has 0 saturated heterocycles. The minimum Gasteiger partial charge on any atom is -0.497 e. The molecule has 0 atom stereocenters. The highest BCUT2D eigenvalue weighted by molar-refractivity contribution is 9.10. The molecule has 0 aliphatic rings. The van der Waals surface area contributed by atoms with E-state index in [9.17, 15) is 8.42 Å². The molecule has 1 aromatic heterocycles. The van der Waals surface area contributed by atoms with Crippen molar-refractivity contribution in [3.05, 3.63) is 34.4 Å². The summed E-state index contributed by atoms with van der Waals surface area (Å²) >= 11 is 3.28. The van der Waals surface area contributed by atoms with Crippen molar-refractivity contribution in [1.82, 2.24) is 10.2 Å². The Morgan fingerprint density at radius 3 is 2.90 bits per heavy atom. The van der Waals surface area contributed by atoms with Gasteiger partial charge in [0.1, 0.15) is 5.75 Å². The Morgan fingerprint density at radius 2 is 2.25 bits per heavy atom. The van der Waals surface area contributed by atoms with E-state index in [-0.39, 0.29) is 11.6 Å². The number of aromatic amines is 1. The molecule has 9 heteroatoms. The summed E-state index contributed by atoms with van der Waals surface area (Å²) in [5, 5.41) is 6.09. The average molecular weight is 361 g/mol. The van der Waals surface area contributed by atoms with Crippen LogP contribution in [-0.2, 0) is 16.6 Å². The number of ether oxygens (including phenoxy) is 1. The summed E-state index contributed by atoms with van der Waals surface area (Å²) in [6.07, 6.45) is 1.38. The lowest BCUT2D eigenvalue weighted by Crippen LogP contribution is -2.16. The third-order valence-corrected chi connectivity index (χ3v) is 4.66. The summed E-state index contributed by atoms with van der Waals surface area (Å²) in [4.78, 5) is 0. The molecule has 0 fully saturated rings. The Bertz CT molecular complexity index is 714. The summed E-state index contributed by atoms with van der Waals surface area (Å²) in [6.45, 7) is 0.0754. The average Bonchev–Trinajstić information content (AvgIpc) is 2.90. The highest BCUT2D eigenvalue weighted by atomic mass is 79.9. The first-order valence-corrected chi connectivity index (χ1v) is 7.84. The van der Waals surface area contributed by atoms with Gasteiger partial charge in [0.05, 0.1) is 19.0 Å². The second kappa shape index (κ2) is 5.81. The largest absolute Gasteiger partial charge is 0.497 e. The second-order valence-electron chi connectivity index (χ2n) is 3.88. The van der Waals surface area contributed by atoms with Crippen LogP contribution in [0, 0.1) is 0 Å². The maximum atomic E-state index is 12.3. The zero-order valence-electron chi connectivity index (χ0n) is 10.6. The predicted molar refractivity (Wildman–Crippen MR) is 78.0 cm³/mol. The van der Waals surface area contributed by atoms with Gasteiger partial charge in [-0.15, -0.1) is 0 Å². The molecule has 4 N–H and O–H groups in total. The van der Waals surface area contributed by atoms with Crippen molar-refractivity contribution in [1.29, 1.82) is 0 Å². The molecule has 0 amide bonds. The molecule has 0 aliphatic heterocycles. The quantitative estimate of drug-likeness (QED) is 0.747. The van der Waals surface area contributed by atoms with Gasteiger partial charge in [-0.05, 0) is 28.1 Å². The lowest BCUT2D eigenvalue weighted by Gasteiger charge is -2.10. The van der Waals surface area contributed by atoms with Crippen molar-refractivity contribution in [2.24, 2.45) is 5.73 Å². The highest BCUT2D eigenvalue weighted by Gasteiger charge is 2.21. The predicted octanol–water partition coefficient (Wildman–Crippen LogP) is 1.44. The van der Waals surface area contributed by atoms with Crippen molar-refractivity contribution in [3.63, 3.8) is 0 Å². The Hall–Kier alpha value is -1.58. The SMILES string of the molecule is COc1ccc(Br)c(NS(=O)(=O)c2[nH]ncc2CN)c1. The van der Waals surface area contributed by atoms with E-state index in [1.165, 1.54) is 13.3 Å². The molecule has 0 bridgehead atoms. The van der Waals surface area contributed by atoms with E-state index in [4.69, 9.17) is 10.5 Å². The van der Waals surface area contributed by atoms with Gasteiger partial charge >= 0.3 is 0 Å². The number of rotatable bonds is 5. The first-order chi connectivity index (χ1) is 9.47. The van der Waals surface area contributed by atoms with Crippen molar-refractivity contribution < 1.29 is 13.2 Å². The Morgan fingerprint density at radius 1 is 1.50 bits per heavy atom. The fraction of sp³-hybridized carbons (Fsp3) is 0.182. The molecule has 0 saturated carbocycles. The first kappa shape index (κ1) is 14.8. The fourth-order valence-corrected chi connectivity index (χ4v) is 3.27. The van der Waals surface area contributed by atoms with Gasteiger partial charge in [-0.25, -0.2) is 0 Å². The number of sulfonamides is 1. The van der Waals surface area contributed by atoms with E-state index < -0.39 is 10.0 Å². The van der Waals surface area contributed by atoms with E-state index in [1.807, 2.05) is 0 Å². The van der Waals surface area contributed by atoms with Gasteiger partial charge in [-0.2, -0.15) is 13.5 Å². The number of nitrogens with two attached hydrogens (primary N) is 1. The highest BCUT2D eigenvalue weighted by Crippen LogP contribution is 2.29. The summed E-state index contributed by atoms with van der Waals surface area (Å²) in [5.41, 5.74) is 6.26. The summed E-state index contributed by atoms with van der Waals surface area (Å²) in [5.74, 6) is 0.537. The number of nitrogens with zero attached hydrogens (tertiary/aromatic N) is 1. The molecule has 0 spiro atoms. The number of aromatic nitrogens is 2. The van der Waals surface area contributed by atoms with E-state index in [2.05, 4.69) is 30.8 Å². The molecule has 20 heavy (non-hydrogen) atoms. The topological polar surface area (TPSA) is 110 Å². The number of hydrogen-bond acceptors (Lipinski definition) is 5. The Labute approximate surface area is 124 Å². The monoisotopic (exact) mass is 360 g/mol. The van der Waals surface area contributed by atoms with Gasteiger partial charge in [0.25, 0.3) is 10.0 Å². The lowest BCUT2D eigenvalue weighted by molar-refractivity contribution is 0.415. The van der Waals surface area contributed by atoms with Gasteiger partial charge < -0.3 is 10.5 Å². The molecular weight excluding hydrogens is 348 g/mol. The molecule has 108 valence electrons. The standard InChI is InChI=1S/C11H13BrN4O3S/c1-19-8-2-3-9(12)10(4-8)16-20(17,18)11-7(5-13)6-14-15-11/h2-4,6,16H,5,13H2,1H3,(H,14,15). The maximum Gasteiger partial charge on any atom is 0.279 e. The minimum atomic E-state index is -3.79. The van der Waals surface area contributed by atoms with Crippen LogP contribution in [-0.4, -0.2) is 25.7 Å². The van der Waals surface area contributed by atoms with E-state index in [0.29, 0.717) is 21.5 Å². The van der Waals surface area contributed by atoms with Gasteiger partial charge in [-0.1, -0.05) is 0 Å². The van der Waals surface area contributed by atoms with Crippen LogP contribution in [0.5, 0.6) is 5.75 Å². The zero-order valence-corrected chi connectivity index (χ0v) is 13.0. The van der Waals surface area contributed by atoms with Crippen LogP contribution in [0.15, 0.2) is 33.9 Å². The third-order valence-electron chi connectivity index (χ3n) is 2.58. The molecule has 2 rings (SSSR count). The smallest absolute Gasteiger partial charge is 0.279 e. The normalized spacial score (nSPS) is 11.3. The minimum absolute atomic E-state index is 0.0466. The fourth-order valence-electron chi connectivity index (χ4n) is 1.58. The number of anilines is 1. The summed E-state index contributed by atoms with van der Waals surface area (Å²) in [7, 11) is -2.29. The number of benzene rings is 1. The van der Waals surface area contributed by atoms with Crippen LogP contribution in [0.4, 0.5) is 5.69 Å². The molecular formula is C11H13BrN4O3S. The lowest BCUT2D eigenvalue weighted by atomic mass is 10.3. The molecule has 0 unspecified atom stereocenters.